The highest BCUT2D eigenvalue weighted by Crippen LogP contribution is 2.52. The Balaban J connectivity index is 1.45. The summed E-state index contributed by atoms with van der Waals surface area (Å²) >= 11 is 0. The molecule has 0 unspecified atom stereocenters. The van der Waals surface area contributed by atoms with Gasteiger partial charge in [0.1, 0.15) is 6.61 Å². The van der Waals surface area contributed by atoms with E-state index in [1.54, 1.807) is 7.11 Å². The fourth-order valence-corrected chi connectivity index (χ4v) is 5.48. The molecule has 6 heteroatoms. The molecule has 2 aliphatic heterocycles. The van der Waals surface area contributed by atoms with Gasteiger partial charge in [-0.1, -0.05) is 24.3 Å². The second-order valence-electron chi connectivity index (χ2n) is 8.97. The first-order valence-electron chi connectivity index (χ1n) is 10.8. The smallest absolute Gasteiger partial charge is 0.248 e. The number of carbonyl (C=O) groups excluding carboxylic acids is 2. The Morgan fingerprint density at radius 2 is 1.66 bits per heavy atom. The summed E-state index contributed by atoms with van der Waals surface area (Å²) in [5, 5.41) is 0. The van der Waals surface area contributed by atoms with Gasteiger partial charge >= 0.3 is 0 Å². The van der Waals surface area contributed by atoms with Crippen LogP contribution in [-0.2, 0) is 19.7 Å². The number of rotatable bonds is 4. The number of likely N-dealkylation sites (tertiary alicyclic amines) is 1. The number of nitrogens with zero attached hydrogens (tertiary/aromatic N) is 3. The van der Waals surface area contributed by atoms with E-state index in [-0.39, 0.29) is 17.9 Å². The lowest BCUT2D eigenvalue weighted by Gasteiger charge is -2.40. The Morgan fingerprint density at radius 3 is 2.34 bits per heavy atom. The lowest BCUT2D eigenvalue weighted by molar-refractivity contribution is -0.136. The van der Waals surface area contributed by atoms with Crippen LogP contribution < -0.4 is 0 Å². The van der Waals surface area contributed by atoms with Crippen molar-refractivity contribution in [1.82, 2.24) is 14.7 Å². The van der Waals surface area contributed by atoms with E-state index in [2.05, 4.69) is 36.2 Å². The highest BCUT2D eigenvalue weighted by Gasteiger charge is 2.46. The van der Waals surface area contributed by atoms with Gasteiger partial charge in [0, 0.05) is 52.8 Å². The highest BCUT2D eigenvalue weighted by atomic mass is 16.5. The average Bonchev–Trinajstić information content (AvgIpc) is 3.02. The third kappa shape index (κ3) is 4.05. The Hall–Kier alpha value is -1.92. The quantitative estimate of drug-likeness (QED) is 0.775. The molecule has 1 aromatic rings. The van der Waals surface area contributed by atoms with Gasteiger partial charge in [0.05, 0.1) is 0 Å². The first-order valence-corrected chi connectivity index (χ1v) is 10.8. The maximum Gasteiger partial charge on any atom is 0.248 e. The van der Waals surface area contributed by atoms with Crippen LogP contribution in [0, 0.1) is 0 Å². The molecular formula is C23H33N3O3. The van der Waals surface area contributed by atoms with Crippen molar-refractivity contribution < 1.29 is 14.3 Å². The Bertz CT molecular complexity index is 749. The topological polar surface area (TPSA) is 53.1 Å². The van der Waals surface area contributed by atoms with Crippen molar-refractivity contribution in [2.24, 2.45) is 0 Å². The molecule has 2 saturated heterocycles. The number of likely N-dealkylation sites (N-methyl/N-ethyl adjacent to an activating group) is 1. The van der Waals surface area contributed by atoms with Crippen LogP contribution in [-0.4, -0.2) is 86.5 Å². The molecule has 0 saturated carbocycles. The summed E-state index contributed by atoms with van der Waals surface area (Å²) in [6, 6.07) is 8.69. The van der Waals surface area contributed by atoms with E-state index in [9.17, 15) is 9.59 Å². The summed E-state index contributed by atoms with van der Waals surface area (Å²) in [6.45, 7) is 5.30. The lowest BCUT2D eigenvalue weighted by atomic mass is 9.73. The molecule has 29 heavy (non-hydrogen) atoms. The van der Waals surface area contributed by atoms with E-state index < -0.39 is 0 Å². The summed E-state index contributed by atoms with van der Waals surface area (Å²) in [4.78, 5) is 31.4. The summed E-state index contributed by atoms with van der Waals surface area (Å²) in [5.74, 6) is 0.665. The SMILES string of the molecule is COCC(=O)N1CCC2(CC1)C[C@@H](CC(=O)N1CCN(C)CC1)c1ccccc12. The van der Waals surface area contributed by atoms with Gasteiger partial charge < -0.3 is 19.4 Å². The largest absolute Gasteiger partial charge is 0.375 e. The highest BCUT2D eigenvalue weighted by molar-refractivity contribution is 5.78. The van der Waals surface area contributed by atoms with Crippen molar-refractivity contribution in [3.8, 4) is 0 Å². The Morgan fingerprint density at radius 1 is 1.00 bits per heavy atom. The van der Waals surface area contributed by atoms with Crippen molar-refractivity contribution in [2.75, 3.05) is 60.0 Å². The molecule has 1 atom stereocenters. The van der Waals surface area contributed by atoms with E-state index in [1.165, 1.54) is 11.1 Å². The molecule has 0 aromatic heterocycles. The number of ether oxygens (including phenoxy) is 1. The monoisotopic (exact) mass is 399 g/mol. The zero-order valence-corrected chi connectivity index (χ0v) is 17.7. The number of amides is 2. The normalized spacial score (nSPS) is 24.0. The van der Waals surface area contributed by atoms with Gasteiger partial charge in [-0.25, -0.2) is 0 Å². The average molecular weight is 400 g/mol. The number of piperazine rings is 1. The molecule has 2 amide bonds. The minimum Gasteiger partial charge on any atom is -0.375 e. The number of hydrogen-bond donors (Lipinski definition) is 0. The number of benzene rings is 1. The van der Waals surface area contributed by atoms with Crippen molar-refractivity contribution in [2.45, 2.75) is 37.0 Å². The molecule has 4 rings (SSSR count). The van der Waals surface area contributed by atoms with Gasteiger partial charge in [-0.05, 0) is 48.8 Å². The second kappa shape index (κ2) is 8.44. The Labute approximate surface area is 173 Å². The molecular weight excluding hydrogens is 366 g/mol. The van der Waals surface area contributed by atoms with Crippen molar-refractivity contribution >= 4 is 11.8 Å². The molecule has 0 N–H and O–H groups in total. The van der Waals surface area contributed by atoms with E-state index in [1.807, 2.05) is 9.80 Å². The van der Waals surface area contributed by atoms with Crippen LogP contribution >= 0.6 is 0 Å². The molecule has 2 fully saturated rings. The maximum atomic E-state index is 13.0. The molecule has 1 aliphatic carbocycles. The second-order valence-corrected chi connectivity index (χ2v) is 8.97. The van der Waals surface area contributed by atoms with E-state index in [4.69, 9.17) is 4.74 Å². The predicted molar refractivity (Wildman–Crippen MR) is 112 cm³/mol. The maximum absolute atomic E-state index is 13.0. The predicted octanol–water partition coefficient (Wildman–Crippen LogP) is 1.84. The molecule has 0 radical (unpaired) electrons. The molecule has 6 nitrogen and oxygen atoms in total. The number of methoxy groups -OCH3 is 1. The molecule has 0 bridgehead atoms. The minimum atomic E-state index is 0.0791. The van der Waals surface area contributed by atoms with Gasteiger partial charge in [0.15, 0.2) is 0 Å². The standard InChI is InChI=1S/C23H33N3O3/c1-24-11-13-26(14-12-24)21(27)15-18-16-23(20-6-4-3-5-19(18)20)7-9-25(10-8-23)22(28)17-29-2/h3-6,18H,7-17H2,1-2H3/t18-/m1/s1. The summed E-state index contributed by atoms with van der Waals surface area (Å²) in [5.41, 5.74) is 2.87. The van der Waals surface area contributed by atoms with Gasteiger partial charge in [-0.3, -0.25) is 9.59 Å². The molecule has 3 aliphatic rings. The van der Waals surface area contributed by atoms with Gasteiger partial charge in [-0.15, -0.1) is 0 Å². The zero-order chi connectivity index (χ0) is 20.4. The number of piperidine rings is 1. The summed E-state index contributed by atoms with van der Waals surface area (Å²) < 4.78 is 5.02. The minimum absolute atomic E-state index is 0.0791. The van der Waals surface area contributed by atoms with Crippen LogP contribution in [0.5, 0.6) is 0 Å². The van der Waals surface area contributed by atoms with Crippen LogP contribution in [0.2, 0.25) is 0 Å². The van der Waals surface area contributed by atoms with Gasteiger partial charge in [0.25, 0.3) is 0 Å². The fraction of sp³-hybridized carbons (Fsp3) is 0.652. The van der Waals surface area contributed by atoms with Crippen LogP contribution in [0.4, 0.5) is 0 Å². The first-order chi connectivity index (χ1) is 14.0. The molecule has 1 spiro atoms. The molecule has 1 aromatic carbocycles. The van der Waals surface area contributed by atoms with Crippen LogP contribution in [0.3, 0.4) is 0 Å². The fourth-order valence-electron chi connectivity index (χ4n) is 5.48. The number of carbonyl (C=O) groups is 2. The van der Waals surface area contributed by atoms with Crippen molar-refractivity contribution in [3.05, 3.63) is 35.4 Å². The van der Waals surface area contributed by atoms with E-state index >= 15 is 0 Å². The van der Waals surface area contributed by atoms with Crippen LogP contribution in [0.25, 0.3) is 0 Å². The summed E-state index contributed by atoms with van der Waals surface area (Å²) in [7, 11) is 3.68. The lowest BCUT2D eigenvalue weighted by Crippen LogP contribution is -2.47. The third-order valence-electron chi connectivity index (χ3n) is 7.23. The van der Waals surface area contributed by atoms with Gasteiger partial charge in [0.2, 0.25) is 11.8 Å². The summed E-state index contributed by atoms with van der Waals surface area (Å²) in [6.07, 6.45) is 3.57. The van der Waals surface area contributed by atoms with Crippen LogP contribution in [0.15, 0.2) is 24.3 Å². The van der Waals surface area contributed by atoms with Gasteiger partial charge in [-0.2, -0.15) is 0 Å². The van der Waals surface area contributed by atoms with Crippen molar-refractivity contribution in [1.29, 1.82) is 0 Å². The number of fused-ring (bicyclic) bond motifs is 2. The first kappa shape index (κ1) is 20.4. The van der Waals surface area contributed by atoms with E-state index in [0.717, 1.165) is 58.5 Å². The number of hydrogen-bond acceptors (Lipinski definition) is 4. The van der Waals surface area contributed by atoms with E-state index in [0.29, 0.717) is 18.2 Å². The zero-order valence-electron chi connectivity index (χ0n) is 17.7. The van der Waals surface area contributed by atoms with Crippen LogP contribution in [0.1, 0.15) is 42.7 Å². The third-order valence-corrected chi connectivity index (χ3v) is 7.23. The molecule has 158 valence electrons. The van der Waals surface area contributed by atoms with Crippen molar-refractivity contribution in [3.63, 3.8) is 0 Å². The molecule has 2 heterocycles. The Kier molecular flexibility index (Phi) is 5.93.